The van der Waals surface area contributed by atoms with Crippen LogP contribution in [0.15, 0.2) is 0 Å². The summed E-state index contributed by atoms with van der Waals surface area (Å²) in [6, 6.07) is -0.577. The van der Waals surface area contributed by atoms with E-state index in [1.54, 1.807) is 0 Å². The maximum absolute atomic E-state index is 11.2. The molecule has 0 spiro atoms. The van der Waals surface area contributed by atoms with Crippen LogP contribution < -0.4 is 0 Å². The molecule has 0 heterocycles. The number of unbranched alkanes of at least 4 members (excludes halogenated alkanes) is 15. The van der Waals surface area contributed by atoms with Gasteiger partial charge in [-0.05, 0) is 6.42 Å². The van der Waals surface area contributed by atoms with Crippen molar-refractivity contribution in [3.8, 4) is 0 Å². The molecular weight excluding hydrogens is 326 g/mol. The van der Waals surface area contributed by atoms with Gasteiger partial charge >= 0.3 is 0 Å². The minimum atomic E-state index is -2.10. The van der Waals surface area contributed by atoms with Crippen molar-refractivity contribution < 1.29 is 15.4 Å². The quantitative estimate of drug-likeness (QED) is 0.129. The van der Waals surface area contributed by atoms with E-state index in [1.165, 1.54) is 89.9 Å². The number of hydrogen-bond acceptors (Lipinski definition) is 3. The van der Waals surface area contributed by atoms with Crippen LogP contribution in [0.2, 0.25) is 0 Å². The Balaban J connectivity index is 3.26. The third kappa shape index (κ3) is 17.3. The summed E-state index contributed by atoms with van der Waals surface area (Å²) >= 11 is 0. The van der Waals surface area contributed by atoms with E-state index in [-0.39, 0.29) is 0 Å². The first kappa shape index (κ1) is 25.8. The Labute approximate surface area is 163 Å². The van der Waals surface area contributed by atoms with E-state index in [4.69, 9.17) is 0 Å². The predicted molar refractivity (Wildman–Crippen MR) is 110 cm³/mol. The summed E-state index contributed by atoms with van der Waals surface area (Å²) in [5.74, 6) is 0. The van der Waals surface area contributed by atoms with Crippen LogP contribution in [0.4, 0.5) is 0 Å². The number of rotatable bonds is 20. The van der Waals surface area contributed by atoms with Gasteiger partial charge in [0.05, 0.1) is 0 Å². The zero-order chi connectivity index (χ0) is 19.5. The van der Waals surface area contributed by atoms with Crippen LogP contribution in [0.1, 0.15) is 136 Å². The van der Waals surface area contributed by atoms with Crippen molar-refractivity contribution in [3.63, 3.8) is 0 Å². The molecule has 1 unspecified atom stereocenters. The second-order valence-electron chi connectivity index (χ2n) is 8.12. The Morgan fingerprint density at radius 3 is 1.19 bits per heavy atom. The van der Waals surface area contributed by atoms with Gasteiger partial charge in [-0.15, -0.1) is 0 Å². The molecule has 26 heavy (non-hydrogen) atoms. The first-order chi connectivity index (χ1) is 12.5. The summed E-state index contributed by atoms with van der Waals surface area (Å²) in [7, 11) is 0. The van der Waals surface area contributed by atoms with Crippen LogP contribution in [-0.2, 0) is 0 Å². The highest BCUT2D eigenvalue weighted by molar-refractivity contribution is 4.57. The van der Waals surface area contributed by atoms with Crippen LogP contribution in [0.5, 0.6) is 0 Å². The zero-order valence-electron chi connectivity index (χ0n) is 17.8. The molecule has 158 valence electrons. The molecule has 0 saturated heterocycles. The minimum Gasteiger partial charge on any atom is -0.564 e. The molecule has 2 N–H and O–H groups in total. The highest BCUT2D eigenvalue weighted by Crippen LogP contribution is 2.19. The van der Waals surface area contributed by atoms with Crippen LogP contribution in [0.25, 0.3) is 0 Å². The molecule has 4 nitrogen and oxygen atoms in total. The first-order valence-electron chi connectivity index (χ1n) is 11.6. The smallest absolute Gasteiger partial charge is 0.152 e. The van der Waals surface area contributed by atoms with Crippen LogP contribution >= 0.6 is 0 Å². The average Bonchev–Trinajstić information content (AvgIpc) is 2.59. The number of hydroxylamine groups is 3. The van der Waals surface area contributed by atoms with Gasteiger partial charge in [-0.1, -0.05) is 122 Å². The summed E-state index contributed by atoms with van der Waals surface area (Å²) in [5, 5.41) is 29.6. The second-order valence-corrected chi connectivity index (χ2v) is 8.12. The minimum absolute atomic E-state index is 0.577. The van der Waals surface area contributed by atoms with E-state index in [0.717, 1.165) is 19.3 Å². The van der Waals surface area contributed by atoms with E-state index in [9.17, 15) is 15.6 Å². The lowest BCUT2D eigenvalue weighted by Gasteiger charge is -2.32. The Kier molecular flexibility index (Phi) is 18.1. The fraction of sp³-hybridized carbons (Fsp3) is 1.00. The Morgan fingerprint density at radius 1 is 0.538 bits per heavy atom. The molecule has 0 bridgehead atoms. The Morgan fingerprint density at radius 2 is 0.885 bits per heavy atom. The summed E-state index contributed by atoms with van der Waals surface area (Å²) in [6.07, 6.45) is 23.2. The van der Waals surface area contributed by atoms with Crippen molar-refractivity contribution in [2.45, 2.75) is 142 Å². The highest BCUT2D eigenvalue weighted by atomic mass is 17.1. The van der Waals surface area contributed by atoms with Crippen LogP contribution in [0.3, 0.4) is 0 Å². The molecule has 0 aromatic carbocycles. The Hall–Kier alpha value is -0.160. The monoisotopic (exact) mass is 373 g/mol. The second kappa shape index (κ2) is 18.2. The van der Waals surface area contributed by atoms with Crippen molar-refractivity contribution in [2.24, 2.45) is 0 Å². The maximum atomic E-state index is 11.2. The van der Waals surface area contributed by atoms with Crippen molar-refractivity contribution in [1.82, 2.24) is 0 Å². The third-order valence-electron chi connectivity index (χ3n) is 5.49. The lowest BCUT2D eigenvalue weighted by molar-refractivity contribution is -1.23. The summed E-state index contributed by atoms with van der Waals surface area (Å²) in [5.41, 5.74) is 0. The molecule has 1 atom stereocenters. The van der Waals surface area contributed by atoms with Crippen molar-refractivity contribution in [2.75, 3.05) is 0 Å². The van der Waals surface area contributed by atoms with Gasteiger partial charge in [0.1, 0.15) is 0 Å². The van der Waals surface area contributed by atoms with Gasteiger partial charge in [0.15, 0.2) is 6.04 Å². The molecule has 0 aliphatic heterocycles. The molecule has 0 radical (unpaired) electrons. The summed E-state index contributed by atoms with van der Waals surface area (Å²) in [4.78, 5) is -2.10. The molecule has 4 heteroatoms. The summed E-state index contributed by atoms with van der Waals surface area (Å²) in [6.45, 7) is 4.24. The SMILES string of the molecule is CCCCCCCCCCCCCCCCCCC(CCC)[N+]([O-])(O)O. The van der Waals surface area contributed by atoms with E-state index in [2.05, 4.69) is 6.92 Å². The number of quaternary nitrogens is 1. The van der Waals surface area contributed by atoms with E-state index >= 15 is 0 Å². The van der Waals surface area contributed by atoms with Crippen molar-refractivity contribution in [3.05, 3.63) is 5.21 Å². The molecule has 0 aromatic heterocycles. The van der Waals surface area contributed by atoms with Crippen LogP contribution in [-0.4, -0.2) is 21.4 Å². The number of hydrogen-bond donors (Lipinski definition) is 2. The van der Waals surface area contributed by atoms with Gasteiger partial charge in [0, 0.05) is 12.8 Å². The van der Waals surface area contributed by atoms with E-state index < -0.39 is 11.0 Å². The Bertz CT molecular complexity index is 279. The molecule has 0 aliphatic carbocycles. The molecule has 0 fully saturated rings. The van der Waals surface area contributed by atoms with Crippen molar-refractivity contribution in [1.29, 1.82) is 0 Å². The lowest BCUT2D eigenvalue weighted by Crippen LogP contribution is -2.44. The summed E-state index contributed by atoms with van der Waals surface area (Å²) < 4.78 is 0. The number of nitrogens with zero attached hydrogens (tertiary/aromatic N) is 1. The van der Waals surface area contributed by atoms with Gasteiger partial charge in [-0.2, -0.15) is 10.4 Å². The van der Waals surface area contributed by atoms with E-state index in [1.807, 2.05) is 6.92 Å². The fourth-order valence-electron chi connectivity index (χ4n) is 3.74. The normalized spacial score (nSPS) is 13.3. The largest absolute Gasteiger partial charge is 0.564 e. The standard InChI is InChI=1S/C22H47NO3/c1-3-5-6-7-8-9-10-11-12-13-14-15-16-17-18-19-21-22(20-4-2)23(24,25)26/h22,24-25H,3-21H2,1-2H3. The maximum Gasteiger partial charge on any atom is 0.152 e. The van der Waals surface area contributed by atoms with Crippen molar-refractivity contribution >= 4 is 0 Å². The van der Waals surface area contributed by atoms with Gasteiger partial charge in [-0.25, -0.2) is 0 Å². The van der Waals surface area contributed by atoms with Gasteiger partial charge in [-0.3, -0.25) is 0 Å². The van der Waals surface area contributed by atoms with Gasteiger partial charge in [0.2, 0.25) is 0 Å². The van der Waals surface area contributed by atoms with Crippen LogP contribution in [0, 0.1) is 5.21 Å². The first-order valence-corrected chi connectivity index (χ1v) is 11.6. The van der Waals surface area contributed by atoms with E-state index in [0.29, 0.717) is 12.8 Å². The predicted octanol–water partition coefficient (Wildman–Crippen LogP) is 7.90. The molecule has 0 saturated carbocycles. The molecule has 0 aromatic rings. The molecule has 0 aliphatic rings. The fourth-order valence-corrected chi connectivity index (χ4v) is 3.74. The highest BCUT2D eigenvalue weighted by Gasteiger charge is 2.24. The molecule has 0 amide bonds. The third-order valence-corrected chi connectivity index (χ3v) is 5.49. The van der Waals surface area contributed by atoms with Gasteiger partial charge < -0.3 is 5.21 Å². The lowest BCUT2D eigenvalue weighted by atomic mass is 10.0. The molecule has 0 rings (SSSR count). The average molecular weight is 374 g/mol. The topological polar surface area (TPSA) is 63.5 Å². The molecular formula is C22H47NO3. The zero-order valence-corrected chi connectivity index (χ0v) is 17.8. The van der Waals surface area contributed by atoms with Gasteiger partial charge in [0.25, 0.3) is 0 Å².